The smallest absolute Gasteiger partial charge is 0.491 e. The van der Waals surface area contributed by atoms with E-state index in [1.807, 2.05) is 45.9 Å². The first-order valence-electron chi connectivity index (χ1n) is 7.20. The fourth-order valence-corrected chi connectivity index (χ4v) is 2.62. The lowest BCUT2D eigenvalue weighted by atomic mass is 9.78. The van der Waals surface area contributed by atoms with E-state index in [0.29, 0.717) is 10.8 Å². The molecule has 1 saturated heterocycles. The molecule has 1 heterocycles. The van der Waals surface area contributed by atoms with Gasteiger partial charge in [-0.1, -0.05) is 17.7 Å². The fraction of sp³-hybridized carbons (Fsp3) is 0.500. The largest absolute Gasteiger partial charge is 0.496 e. The van der Waals surface area contributed by atoms with Crippen molar-refractivity contribution in [1.82, 2.24) is 0 Å². The molecule has 0 aromatic heterocycles. The van der Waals surface area contributed by atoms with E-state index in [1.165, 1.54) is 0 Å². The number of thiol groups is 1. The van der Waals surface area contributed by atoms with Crippen LogP contribution in [0.5, 0.6) is 5.75 Å². The molecule has 0 spiro atoms. The van der Waals surface area contributed by atoms with E-state index in [0.717, 1.165) is 16.8 Å². The number of rotatable bonds is 4. The molecule has 0 amide bonds. The second kappa shape index (κ2) is 6.48. The number of hydrogen-bond donors (Lipinski definition) is 1. The van der Waals surface area contributed by atoms with Gasteiger partial charge in [-0.25, -0.2) is 0 Å². The molecule has 22 heavy (non-hydrogen) atoms. The number of methoxy groups -OCH3 is 1. The minimum atomic E-state index is -0.425. The average molecular weight is 341 g/mol. The first-order chi connectivity index (χ1) is 10.2. The van der Waals surface area contributed by atoms with Crippen LogP contribution >= 0.6 is 24.2 Å². The minimum Gasteiger partial charge on any atom is -0.496 e. The monoisotopic (exact) mass is 340 g/mol. The van der Waals surface area contributed by atoms with Crippen molar-refractivity contribution < 1.29 is 14.0 Å². The Morgan fingerprint density at radius 1 is 1.27 bits per heavy atom. The van der Waals surface area contributed by atoms with Crippen LogP contribution in [0, 0.1) is 0 Å². The number of benzene rings is 1. The quantitative estimate of drug-likeness (QED) is 0.654. The summed E-state index contributed by atoms with van der Waals surface area (Å²) >= 11 is 10.5. The molecule has 1 aliphatic heterocycles. The van der Waals surface area contributed by atoms with Gasteiger partial charge in [0.05, 0.1) is 18.3 Å². The zero-order valence-electron chi connectivity index (χ0n) is 13.6. The highest BCUT2D eigenvalue weighted by atomic mass is 35.5. The van der Waals surface area contributed by atoms with Crippen molar-refractivity contribution in [3.63, 3.8) is 0 Å². The van der Waals surface area contributed by atoms with Crippen LogP contribution < -0.4 is 4.74 Å². The molecule has 120 valence electrons. The molecule has 1 aromatic rings. The summed E-state index contributed by atoms with van der Waals surface area (Å²) in [6.45, 7) is 8.12. The summed E-state index contributed by atoms with van der Waals surface area (Å²) in [5.74, 6) is 1.27. The summed E-state index contributed by atoms with van der Waals surface area (Å²) in [4.78, 5) is 0. The summed E-state index contributed by atoms with van der Waals surface area (Å²) in [5, 5.41) is 0.652. The predicted octanol–water partition coefficient (Wildman–Crippen LogP) is 4.29. The summed E-state index contributed by atoms with van der Waals surface area (Å²) in [5.41, 5.74) is 1.06. The van der Waals surface area contributed by atoms with Crippen molar-refractivity contribution in [1.29, 1.82) is 0 Å². The summed E-state index contributed by atoms with van der Waals surface area (Å²) in [6, 6.07) is 5.50. The molecule has 0 radical (unpaired) electrons. The second-order valence-corrected chi connectivity index (χ2v) is 7.10. The van der Waals surface area contributed by atoms with Gasteiger partial charge in [-0.3, -0.25) is 0 Å². The van der Waals surface area contributed by atoms with Crippen molar-refractivity contribution in [3.8, 4) is 5.75 Å². The molecule has 1 fully saturated rings. The van der Waals surface area contributed by atoms with E-state index >= 15 is 0 Å². The Bertz CT molecular complexity index is 571. The summed E-state index contributed by atoms with van der Waals surface area (Å²) in [6.07, 6.45) is 1.97. The van der Waals surface area contributed by atoms with E-state index < -0.39 is 7.12 Å². The molecular weight excluding hydrogens is 319 g/mol. The third kappa shape index (κ3) is 3.48. The van der Waals surface area contributed by atoms with Crippen LogP contribution in [0.4, 0.5) is 0 Å². The molecule has 0 unspecified atom stereocenters. The zero-order chi connectivity index (χ0) is 16.5. The van der Waals surface area contributed by atoms with E-state index in [1.54, 1.807) is 13.2 Å². The van der Waals surface area contributed by atoms with Crippen LogP contribution in [0.2, 0.25) is 5.02 Å². The van der Waals surface area contributed by atoms with Crippen LogP contribution in [-0.2, 0) is 9.31 Å². The lowest BCUT2D eigenvalue weighted by Gasteiger charge is -2.32. The summed E-state index contributed by atoms with van der Waals surface area (Å²) < 4.78 is 17.5. The maximum atomic E-state index is 6.08. The summed E-state index contributed by atoms with van der Waals surface area (Å²) in [7, 11) is 1.21. The van der Waals surface area contributed by atoms with E-state index in [4.69, 9.17) is 25.6 Å². The van der Waals surface area contributed by atoms with Gasteiger partial charge in [0, 0.05) is 16.3 Å². The van der Waals surface area contributed by atoms with Crippen molar-refractivity contribution in [2.45, 2.75) is 38.9 Å². The van der Waals surface area contributed by atoms with Crippen LogP contribution in [0.1, 0.15) is 33.3 Å². The highest BCUT2D eigenvalue weighted by Gasteiger charge is 2.52. The fourth-order valence-electron chi connectivity index (χ4n) is 2.20. The standard InChI is InChI=1S/C16H22BClO3S/c1-15(2)16(3,4)21-17(20-15)12(10-22)8-11-9-13(18)6-7-14(11)19-5/h6-9,22H,10H2,1-5H3. The molecule has 0 atom stereocenters. The van der Waals surface area contributed by atoms with Crippen LogP contribution in [-0.4, -0.2) is 31.2 Å². The van der Waals surface area contributed by atoms with Gasteiger partial charge >= 0.3 is 7.12 Å². The van der Waals surface area contributed by atoms with Crippen LogP contribution in [0.15, 0.2) is 23.7 Å². The van der Waals surface area contributed by atoms with Gasteiger partial charge in [0.2, 0.25) is 0 Å². The SMILES string of the molecule is COc1ccc(Cl)cc1C=C(CS)B1OC(C)(C)C(C)(C)O1. The Kier molecular flexibility index (Phi) is 5.22. The van der Waals surface area contributed by atoms with Gasteiger partial charge in [0.1, 0.15) is 5.75 Å². The molecule has 3 nitrogen and oxygen atoms in total. The number of ether oxygens (including phenoxy) is 1. The van der Waals surface area contributed by atoms with Gasteiger partial charge in [0.15, 0.2) is 0 Å². The van der Waals surface area contributed by atoms with Gasteiger partial charge in [-0.15, -0.1) is 0 Å². The number of hydrogen-bond acceptors (Lipinski definition) is 4. The average Bonchev–Trinajstić information content (AvgIpc) is 2.64. The molecule has 0 aliphatic carbocycles. The molecular formula is C16H22BClO3S. The molecule has 1 aromatic carbocycles. The Balaban J connectivity index is 2.35. The maximum absolute atomic E-state index is 6.08. The Labute approximate surface area is 143 Å². The molecule has 0 N–H and O–H groups in total. The van der Waals surface area contributed by atoms with Gasteiger partial charge in [0.25, 0.3) is 0 Å². The van der Waals surface area contributed by atoms with Crippen molar-refractivity contribution in [2.24, 2.45) is 0 Å². The zero-order valence-corrected chi connectivity index (χ0v) is 15.3. The highest BCUT2D eigenvalue weighted by molar-refractivity contribution is 7.80. The Morgan fingerprint density at radius 3 is 2.36 bits per heavy atom. The van der Waals surface area contributed by atoms with Gasteiger partial charge < -0.3 is 14.0 Å². The van der Waals surface area contributed by atoms with Crippen LogP contribution in [0.25, 0.3) is 6.08 Å². The van der Waals surface area contributed by atoms with E-state index in [-0.39, 0.29) is 11.2 Å². The Morgan fingerprint density at radius 2 is 1.86 bits per heavy atom. The molecule has 0 saturated carbocycles. The van der Waals surface area contributed by atoms with E-state index in [2.05, 4.69) is 12.6 Å². The highest BCUT2D eigenvalue weighted by Crippen LogP contribution is 2.39. The van der Waals surface area contributed by atoms with Crippen molar-refractivity contribution >= 4 is 37.4 Å². The first-order valence-corrected chi connectivity index (χ1v) is 8.22. The number of halogens is 1. The minimum absolute atomic E-state index is 0.377. The van der Waals surface area contributed by atoms with Crippen molar-refractivity contribution in [3.05, 3.63) is 34.3 Å². The van der Waals surface area contributed by atoms with Gasteiger partial charge in [-0.2, -0.15) is 12.6 Å². The normalized spacial score (nSPS) is 20.3. The molecule has 1 aliphatic rings. The van der Waals surface area contributed by atoms with Crippen molar-refractivity contribution in [2.75, 3.05) is 12.9 Å². The first kappa shape index (κ1) is 17.7. The third-order valence-corrected chi connectivity index (χ3v) is 4.87. The van der Waals surface area contributed by atoms with Crippen LogP contribution in [0.3, 0.4) is 0 Å². The third-order valence-electron chi connectivity index (χ3n) is 4.27. The topological polar surface area (TPSA) is 27.7 Å². The molecule has 6 heteroatoms. The van der Waals surface area contributed by atoms with E-state index in [9.17, 15) is 0 Å². The molecule has 0 bridgehead atoms. The molecule has 2 rings (SSSR count). The Hall–Kier alpha value is -0.615. The second-order valence-electron chi connectivity index (χ2n) is 6.35. The lowest BCUT2D eigenvalue weighted by Crippen LogP contribution is -2.41. The predicted molar refractivity (Wildman–Crippen MR) is 95.9 cm³/mol. The lowest BCUT2D eigenvalue weighted by molar-refractivity contribution is 0.00578. The van der Waals surface area contributed by atoms with Gasteiger partial charge in [-0.05, 0) is 51.4 Å². The maximum Gasteiger partial charge on any atom is 0.491 e.